The van der Waals surface area contributed by atoms with Gasteiger partial charge in [-0.1, -0.05) is 0 Å². The molecule has 0 saturated carbocycles. The molecule has 1 heterocycles. The highest BCUT2D eigenvalue weighted by Crippen LogP contribution is 2.39. The van der Waals surface area contributed by atoms with Gasteiger partial charge in [0.1, 0.15) is 11.5 Å². The number of carbonyl (C=O) groups is 1. The third-order valence-electron chi connectivity index (χ3n) is 2.10. The fourth-order valence-corrected chi connectivity index (χ4v) is 2.34. The van der Waals surface area contributed by atoms with Crippen LogP contribution >= 0.6 is 11.8 Å². The molecule has 5 heteroatoms. The quantitative estimate of drug-likeness (QED) is 0.589. The van der Waals surface area contributed by atoms with E-state index in [-0.39, 0.29) is 0 Å². The molecule has 1 aromatic carbocycles. The van der Waals surface area contributed by atoms with Gasteiger partial charge in [-0.05, 0) is 19.1 Å². The van der Waals surface area contributed by atoms with Crippen molar-refractivity contribution in [2.75, 3.05) is 12.4 Å². The molecule has 0 bridgehead atoms. The maximum Gasteiger partial charge on any atom is 0.511 e. The first-order valence-corrected chi connectivity index (χ1v) is 5.47. The van der Waals surface area contributed by atoms with E-state index in [1.54, 1.807) is 24.8 Å². The molecule has 80 valence electrons. The van der Waals surface area contributed by atoms with Gasteiger partial charge in [0, 0.05) is 11.3 Å². The van der Waals surface area contributed by atoms with Gasteiger partial charge in [0.25, 0.3) is 0 Å². The van der Waals surface area contributed by atoms with Crippen LogP contribution < -0.4 is 9.47 Å². The summed E-state index contributed by atoms with van der Waals surface area (Å²) in [6, 6.07) is 3.48. The molecule has 0 spiro atoms. The highest BCUT2D eigenvalue weighted by atomic mass is 32.2. The second kappa shape index (κ2) is 4.02. The predicted molar refractivity (Wildman–Crippen MR) is 56.1 cm³/mol. The number of benzene rings is 1. The van der Waals surface area contributed by atoms with Crippen LogP contribution in [0.2, 0.25) is 0 Å². The lowest BCUT2D eigenvalue weighted by Gasteiger charge is -2.19. The van der Waals surface area contributed by atoms with Crippen molar-refractivity contribution in [1.29, 1.82) is 0 Å². The van der Waals surface area contributed by atoms with E-state index in [1.165, 1.54) is 0 Å². The number of carboxylic acid groups (broad SMARTS) is 1. The monoisotopic (exact) mass is 226 g/mol. The lowest BCUT2D eigenvalue weighted by molar-refractivity contribution is 0.144. The molecule has 0 radical (unpaired) electrons. The highest BCUT2D eigenvalue weighted by Gasteiger charge is 2.17. The number of thioether (sulfide) groups is 1. The fourth-order valence-electron chi connectivity index (χ4n) is 1.44. The van der Waals surface area contributed by atoms with Crippen LogP contribution in [0.15, 0.2) is 17.0 Å². The van der Waals surface area contributed by atoms with E-state index in [9.17, 15) is 4.79 Å². The molecular weight excluding hydrogens is 216 g/mol. The minimum atomic E-state index is -1.30. The molecule has 2 rings (SSSR count). The first kappa shape index (κ1) is 10.2. The van der Waals surface area contributed by atoms with E-state index in [1.807, 2.05) is 6.07 Å². The van der Waals surface area contributed by atoms with Crippen molar-refractivity contribution < 1.29 is 19.4 Å². The normalized spacial score (nSPS) is 13.9. The average Bonchev–Trinajstić information content (AvgIpc) is 2.22. The highest BCUT2D eigenvalue weighted by molar-refractivity contribution is 7.99. The van der Waals surface area contributed by atoms with Gasteiger partial charge in [-0.2, -0.15) is 0 Å². The summed E-state index contributed by atoms with van der Waals surface area (Å²) in [4.78, 5) is 11.5. The van der Waals surface area contributed by atoms with Crippen molar-refractivity contribution in [3.05, 3.63) is 17.7 Å². The molecule has 1 N–H and O–H groups in total. The van der Waals surface area contributed by atoms with E-state index in [2.05, 4.69) is 4.74 Å². The number of rotatable bonds is 1. The lowest BCUT2D eigenvalue weighted by Crippen LogP contribution is -2.10. The van der Waals surface area contributed by atoms with Gasteiger partial charge < -0.3 is 14.6 Å². The Morgan fingerprint density at radius 1 is 1.60 bits per heavy atom. The molecule has 4 nitrogen and oxygen atoms in total. The summed E-state index contributed by atoms with van der Waals surface area (Å²) in [5, 5.41) is 8.53. The Hall–Kier alpha value is -1.36. The van der Waals surface area contributed by atoms with Gasteiger partial charge in [0.05, 0.1) is 11.5 Å². The van der Waals surface area contributed by atoms with Crippen LogP contribution in [0.3, 0.4) is 0 Å². The third kappa shape index (κ3) is 2.02. The number of fused-ring (bicyclic) bond motifs is 1. The summed E-state index contributed by atoms with van der Waals surface area (Å²) in [7, 11) is 0. The van der Waals surface area contributed by atoms with E-state index < -0.39 is 6.16 Å². The predicted octanol–water partition coefficient (Wildman–Crippen LogP) is 2.54. The van der Waals surface area contributed by atoms with Gasteiger partial charge in [0.2, 0.25) is 0 Å². The van der Waals surface area contributed by atoms with Gasteiger partial charge in [0.15, 0.2) is 0 Å². The van der Waals surface area contributed by atoms with Crippen molar-refractivity contribution in [2.24, 2.45) is 0 Å². The third-order valence-corrected chi connectivity index (χ3v) is 3.11. The van der Waals surface area contributed by atoms with Crippen molar-refractivity contribution in [1.82, 2.24) is 0 Å². The maximum atomic E-state index is 10.4. The van der Waals surface area contributed by atoms with Crippen LogP contribution in [0.5, 0.6) is 11.5 Å². The van der Waals surface area contributed by atoms with Crippen molar-refractivity contribution in [2.45, 2.75) is 11.8 Å². The van der Waals surface area contributed by atoms with Gasteiger partial charge in [-0.15, -0.1) is 11.8 Å². The molecule has 1 aliphatic heterocycles. The second-order valence-electron chi connectivity index (χ2n) is 3.08. The smallest absolute Gasteiger partial charge is 0.491 e. The van der Waals surface area contributed by atoms with Gasteiger partial charge >= 0.3 is 6.16 Å². The lowest BCUT2D eigenvalue weighted by atomic mass is 10.2. The number of ether oxygens (including phenoxy) is 2. The summed E-state index contributed by atoms with van der Waals surface area (Å²) in [5.41, 5.74) is 0.738. The molecule has 0 aromatic heterocycles. The van der Waals surface area contributed by atoms with E-state index in [4.69, 9.17) is 9.84 Å². The second-order valence-corrected chi connectivity index (χ2v) is 4.22. The standard InChI is InChI=1S/C10H10O4S/c1-6-7(14-10(11)12)2-3-8-9(6)13-4-5-15-8/h2-3H,4-5H2,1H3,(H,11,12). The minimum Gasteiger partial charge on any atom is -0.491 e. The largest absolute Gasteiger partial charge is 0.511 e. The molecule has 0 aliphatic carbocycles. The van der Waals surface area contributed by atoms with Crippen LogP contribution in [0, 0.1) is 6.92 Å². The SMILES string of the molecule is Cc1c(OC(=O)O)ccc2c1OCCS2. The van der Waals surface area contributed by atoms with E-state index >= 15 is 0 Å². The zero-order chi connectivity index (χ0) is 10.8. The minimum absolute atomic E-state index is 0.337. The summed E-state index contributed by atoms with van der Waals surface area (Å²) >= 11 is 1.70. The summed E-state index contributed by atoms with van der Waals surface area (Å²) in [6.07, 6.45) is -1.30. The molecule has 0 saturated heterocycles. The van der Waals surface area contributed by atoms with Crippen LogP contribution in [0.1, 0.15) is 5.56 Å². The van der Waals surface area contributed by atoms with Gasteiger partial charge in [-0.25, -0.2) is 4.79 Å². The van der Waals surface area contributed by atoms with E-state index in [0.29, 0.717) is 12.4 Å². The molecule has 1 aliphatic rings. The van der Waals surface area contributed by atoms with Gasteiger partial charge in [-0.3, -0.25) is 0 Å². The van der Waals surface area contributed by atoms with Crippen molar-refractivity contribution in [3.8, 4) is 11.5 Å². The van der Waals surface area contributed by atoms with Crippen LogP contribution in [0.25, 0.3) is 0 Å². The van der Waals surface area contributed by atoms with Crippen molar-refractivity contribution >= 4 is 17.9 Å². The van der Waals surface area contributed by atoms with E-state index in [0.717, 1.165) is 22.0 Å². The Bertz CT molecular complexity index is 403. The molecule has 0 unspecified atom stereocenters. The zero-order valence-corrected chi connectivity index (χ0v) is 8.97. The number of hydrogen-bond acceptors (Lipinski definition) is 4. The van der Waals surface area contributed by atoms with Crippen LogP contribution in [-0.4, -0.2) is 23.6 Å². The fraction of sp³-hybridized carbons (Fsp3) is 0.300. The Kier molecular flexibility index (Phi) is 2.73. The first-order valence-electron chi connectivity index (χ1n) is 4.48. The Balaban J connectivity index is 2.38. The molecule has 0 amide bonds. The molecule has 1 aromatic rings. The van der Waals surface area contributed by atoms with Crippen LogP contribution in [-0.2, 0) is 0 Å². The molecule has 0 fully saturated rings. The Morgan fingerprint density at radius 2 is 2.40 bits per heavy atom. The molecule has 0 atom stereocenters. The summed E-state index contributed by atoms with van der Waals surface area (Å²) in [5.74, 6) is 2.00. The zero-order valence-electron chi connectivity index (χ0n) is 8.15. The topological polar surface area (TPSA) is 55.8 Å². The molecule has 15 heavy (non-hydrogen) atoms. The van der Waals surface area contributed by atoms with Crippen LogP contribution in [0.4, 0.5) is 4.79 Å². The number of hydrogen-bond donors (Lipinski definition) is 1. The molecular formula is C10H10O4S. The summed E-state index contributed by atoms with van der Waals surface area (Å²) < 4.78 is 10.1. The Labute approximate surface area is 91.2 Å². The Morgan fingerprint density at radius 3 is 3.13 bits per heavy atom. The summed E-state index contributed by atoms with van der Waals surface area (Å²) in [6.45, 7) is 2.44. The average molecular weight is 226 g/mol. The van der Waals surface area contributed by atoms with Crippen molar-refractivity contribution in [3.63, 3.8) is 0 Å². The first-order chi connectivity index (χ1) is 7.18. The maximum absolute atomic E-state index is 10.4.